The van der Waals surface area contributed by atoms with Gasteiger partial charge < -0.3 is 10.3 Å². The summed E-state index contributed by atoms with van der Waals surface area (Å²) in [7, 11) is 2.04. The normalized spacial score (nSPS) is 27.0. The van der Waals surface area contributed by atoms with E-state index in [0.717, 1.165) is 18.2 Å². The first-order valence-corrected chi connectivity index (χ1v) is 6.92. The molecule has 1 atom stereocenters. The van der Waals surface area contributed by atoms with Crippen LogP contribution in [0.3, 0.4) is 0 Å². The van der Waals surface area contributed by atoms with Gasteiger partial charge in [-0.1, -0.05) is 26.2 Å². The molecule has 3 heteroatoms. The lowest BCUT2D eigenvalue weighted by Crippen LogP contribution is -2.35. The molecular formula is C14H25N3. The first-order valence-electron chi connectivity index (χ1n) is 6.92. The van der Waals surface area contributed by atoms with Crippen LogP contribution in [0.1, 0.15) is 44.9 Å². The van der Waals surface area contributed by atoms with Gasteiger partial charge in [0, 0.05) is 31.9 Å². The molecule has 0 aromatic carbocycles. The number of rotatable bonds is 4. The molecule has 1 aliphatic rings. The van der Waals surface area contributed by atoms with Gasteiger partial charge in [0.05, 0.1) is 0 Å². The number of nitrogens with zero attached hydrogens (tertiary/aromatic N) is 2. The van der Waals surface area contributed by atoms with Crippen LogP contribution in [0.15, 0.2) is 12.4 Å². The zero-order valence-corrected chi connectivity index (χ0v) is 11.1. The fourth-order valence-corrected chi connectivity index (χ4v) is 3.00. The summed E-state index contributed by atoms with van der Waals surface area (Å²) in [5.74, 6) is 2.77. The number of imidazole rings is 1. The van der Waals surface area contributed by atoms with Crippen molar-refractivity contribution in [3.63, 3.8) is 0 Å². The zero-order chi connectivity index (χ0) is 12.3. The van der Waals surface area contributed by atoms with Gasteiger partial charge in [0.2, 0.25) is 0 Å². The summed E-state index contributed by atoms with van der Waals surface area (Å²) in [6.45, 7) is 2.30. The van der Waals surface area contributed by atoms with Crippen molar-refractivity contribution < 1.29 is 0 Å². The van der Waals surface area contributed by atoms with Gasteiger partial charge in [-0.05, 0) is 24.7 Å². The molecule has 0 saturated heterocycles. The summed E-state index contributed by atoms with van der Waals surface area (Å²) in [6.07, 6.45) is 11.5. The molecule has 0 amide bonds. The molecular weight excluding hydrogens is 210 g/mol. The molecule has 1 aliphatic carbocycles. The van der Waals surface area contributed by atoms with E-state index in [1.54, 1.807) is 0 Å². The Hall–Kier alpha value is -0.830. The molecule has 0 radical (unpaired) electrons. The smallest absolute Gasteiger partial charge is 0.109 e. The van der Waals surface area contributed by atoms with Crippen LogP contribution in [0.2, 0.25) is 0 Å². The van der Waals surface area contributed by atoms with Crippen molar-refractivity contribution in [1.29, 1.82) is 0 Å². The molecule has 0 bridgehead atoms. The summed E-state index contributed by atoms with van der Waals surface area (Å²) in [5.41, 5.74) is 6.34. The molecule has 1 unspecified atom stereocenters. The van der Waals surface area contributed by atoms with E-state index in [2.05, 4.69) is 16.5 Å². The van der Waals surface area contributed by atoms with E-state index in [1.807, 2.05) is 19.4 Å². The van der Waals surface area contributed by atoms with Crippen LogP contribution in [-0.4, -0.2) is 15.6 Å². The van der Waals surface area contributed by atoms with Gasteiger partial charge in [-0.3, -0.25) is 0 Å². The quantitative estimate of drug-likeness (QED) is 0.871. The molecule has 17 heavy (non-hydrogen) atoms. The highest BCUT2D eigenvalue weighted by atomic mass is 15.0. The van der Waals surface area contributed by atoms with Crippen LogP contribution in [0, 0.1) is 11.8 Å². The molecule has 2 N–H and O–H groups in total. The fourth-order valence-electron chi connectivity index (χ4n) is 3.00. The van der Waals surface area contributed by atoms with Gasteiger partial charge in [0.15, 0.2) is 0 Å². The molecule has 1 aromatic heterocycles. The minimum atomic E-state index is 0.286. The van der Waals surface area contributed by atoms with Gasteiger partial charge in [-0.15, -0.1) is 0 Å². The van der Waals surface area contributed by atoms with Crippen LogP contribution in [0.5, 0.6) is 0 Å². The second-order valence-electron chi connectivity index (χ2n) is 5.51. The van der Waals surface area contributed by atoms with Crippen LogP contribution in [-0.2, 0) is 13.5 Å². The molecule has 3 nitrogen and oxygen atoms in total. The SMILES string of the molecule is CCC1CCC(C(N)Cc2nccn2C)CC1. The third kappa shape index (κ3) is 3.09. The molecule has 96 valence electrons. The van der Waals surface area contributed by atoms with Crippen molar-refractivity contribution >= 4 is 0 Å². The first-order chi connectivity index (χ1) is 8.20. The predicted octanol–water partition coefficient (Wildman–Crippen LogP) is 2.51. The Balaban J connectivity index is 1.85. The summed E-state index contributed by atoms with van der Waals surface area (Å²) < 4.78 is 2.08. The van der Waals surface area contributed by atoms with Gasteiger partial charge in [-0.2, -0.15) is 0 Å². The van der Waals surface area contributed by atoms with Crippen LogP contribution in [0.25, 0.3) is 0 Å². The number of hydrogen-bond acceptors (Lipinski definition) is 2. The summed E-state index contributed by atoms with van der Waals surface area (Å²) in [5, 5.41) is 0. The van der Waals surface area contributed by atoms with Gasteiger partial charge in [0.25, 0.3) is 0 Å². The highest BCUT2D eigenvalue weighted by Gasteiger charge is 2.25. The lowest BCUT2D eigenvalue weighted by Gasteiger charge is -2.31. The lowest BCUT2D eigenvalue weighted by molar-refractivity contribution is 0.236. The molecule has 1 saturated carbocycles. The minimum Gasteiger partial charge on any atom is -0.338 e. The maximum atomic E-state index is 6.34. The Morgan fingerprint density at radius 3 is 2.65 bits per heavy atom. The molecule has 1 aromatic rings. The van der Waals surface area contributed by atoms with E-state index in [0.29, 0.717) is 5.92 Å². The largest absolute Gasteiger partial charge is 0.338 e. The monoisotopic (exact) mass is 235 g/mol. The maximum absolute atomic E-state index is 6.34. The highest BCUT2D eigenvalue weighted by Crippen LogP contribution is 2.32. The first kappa shape index (κ1) is 12.6. The topological polar surface area (TPSA) is 43.8 Å². The van der Waals surface area contributed by atoms with Gasteiger partial charge in [-0.25, -0.2) is 4.98 Å². The second-order valence-corrected chi connectivity index (χ2v) is 5.51. The van der Waals surface area contributed by atoms with Crippen molar-refractivity contribution in [3.8, 4) is 0 Å². The van der Waals surface area contributed by atoms with Crippen molar-refractivity contribution in [3.05, 3.63) is 18.2 Å². The Morgan fingerprint density at radius 2 is 2.12 bits per heavy atom. The minimum absolute atomic E-state index is 0.286. The van der Waals surface area contributed by atoms with Crippen molar-refractivity contribution in [2.24, 2.45) is 24.6 Å². The summed E-state index contributed by atoms with van der Waals surface area (Å²) in [4.78, 5) is 4.36. The van der Waals surface area contributed by atoms with Crippen LogP contribution in [0.4, 0.5) is 0 Å². The van der Waals surface area contributed by atoms with E-state index >= 15 is 0 Å². The van der Waals surface area contributed by atoms with E-state index in [1.165, 1.54) is 32.1 Å². The zero-order valence-electron chi connectivity index (χ0n) is 11.1. The Labute approximate surface area is 104 Å². The third-order valence-electron chi connectivity index (χ3n) is 4.41. The number of nitrogens with two attached hydrogens (primary N) is 1. The fraction of sp³-hybridized carbons (Fsp3) is 0.786. The average molecular weight is 235 g/mol. The molecule has 1 heterocycles. The molecule has 0 spiro atoms. The maximum Gasteiger partial charge on any atom is 0.109 e. The van der Waals surface area contributed by atoms with Crippen molar-refractivity contribution in [2.75, 3.05) is 0 Å². The lowest BCUT2D eigenvalue weighted by atomic mass is 9.77. The number of aryl methyl sites for hydroxylation is 1. The van der Waals surface area contributed by atoms with Crippen molar-refractivity contribution in [1.82, 2.24) is 9.55 Å². The van der Waals surface area contributed by atoms with Crippen LogP contribution >= 0.6 is 0 Å². The molecule has 0 aliphatic heterocycles. The van der Waals surface area contributed by atoms with E-state index in [9.17, 15) is 0 Å². The molecule has 2 rings (SSSR count). The standard InChI is InChI=1S/C14H25N3/c1-3-11-4-6-12(7-5-11)13(15)10-14-16-8-9-17(14)2/h8-9,11-13H,3-7,10,15H2,1-2H3. The van der Waals surface area contributed by atoms with E-state index in [4.69, 9.17) is 5.73 Å². The highest BCUT2D eigenvalue weighted by molar-refractivity contribution is 4.95. The summed E-state index contributed by atoms with van der Waals surface area (Å²) >= 11 is 0. The number of hydrogen-bond donors (Lipinski definition) is 1. The van der Waals surface area contributed by atoms with Crippen LogP contribution < -0.4 is 5.73 Å². The Bertz CT molecular complexity index is 337. The van der Waals surface area contributed by atoms with Gasteiger partial charge >= 0.3 is 0 Å². The van der Waals surface area contributed by atoms with E-state index < -0.39 is 0 Å². The Kier molecular flexibility index (Phi) is 4.21. The summed E-state index contributed by atoms with van der Waals surface area (Å²) in [6, 6.07) is 0.286. The Morgan fingerprint density at radius 1 is 1.41 bits per heavy atom. The second kappa shape index (κ2) is 5.67. The predicted molar refractivity (Wildman–Crippen MR) is 70.6 cm³/mol. The van der Waals surface area contributed by atoms with E-state index in [-0.39, 0.29) is 6.04 Å². The van der Waals surface area contributed by atoms with Crippen molar-refractivity contribution in [2.45, 2.75) is 51.5 Å². The van der Waals surface area contributed by atoms with Gasteiger partial charge in [0.1, 0.15) is 5.82 Å². The molecule has 1 fully saturated rings. The number of aromatic nitrogens is 2. The average Bonchev–Trinajstić information content (AvgIpc) is 2.75. The third-order valence-corrected chi connectivity index (χ3v) is 4.41.